The Bertz CT molecular complexity index is 588. The molecule has 1 aromatic carbocycles. The first-order chi connectivity index (χ1) is 10.9. The Balaban J connectivity index is 1.75. The van der Waals surface area contributed by atoms with E-state index in [4.69, 9.17) is 0 Å². The molecule has 3 rings (SSSR count). The summed E-state index contributed by atoms with van der Waals surface area (Å²) in [7, 11) is 0. The van der Waals surface area contributed by atoms with E-state index in [9.17, 15) is 0 Å². The van der Waals surface area contributed by atoms with Gasteiger partial charge >= 0.3 is 0 Å². The van der Waals surface area contributed by atoms with Crippen molar-refractivity contribution in [3.63, 3.8) is 0 Å². The summed E-state index contributed by atoms with van der Waals surface area (Å²) < 4.78 is 0. The van der Waals surface area contributed by atoms with Crippen LogP contribution in [0.1, 0.15) is 24.1 Å². The molecule has 2 heterocycles. The molecule has 1 saturated heterocycles. The van der Waals surface area contributed by atoms with Crippen molar-refractivity contribution >= 4 is 11.8 Å². The van der Waals surface area contributed by atoms with Crippen molar-refractivity contribution in [2.75, 3.05) is 25.4 Å². The van der Waals surface area contributed by atoms with Gasteiger partial charge < -0.3 is 5.32 Å². The van der Waals surface area contributed by atoms with E-state index in [2.05, 4.69) is 58.5 Å². The van der Waals surface area contributed by atoms with E-state index >= 15 is 0 Å². The molecular formula is C18H23N3S. The second kappa shape index (κ2) is 7.77. The molecule has 2 aromatic rings. The Morgan fingerprint density at radius 1 is 1.27 bits per heavy atom. The van der Waals surface area contributed by atoms with E-state index in [1.165, 1.54) is 16.0 Å². The minimum Gasteiger partial charge on any atom is -0.314 e. The highest BCUT2D eigenvalue weighted by atomic mass is 32.2. The standard InChI is InChI=1S/C18H23N3S/c1-2-22-17-5-3-4-15(12-17)14-21-11-10-20-13-18(21)16-6-8-19-9-7-16/h3-9,12,18,20H,2,10-11,13-14H2,1H3. The number of pyridine rings is 1. The lowest BCUT2D eigenvalue weighted by Gasteiger charge is -2.36. The van der Waals surface area contributed by atoms with Gasteiger partial charge in [-0.1, -0.05) is 19.1 Å². The van der Waals surface area contributed by atoms with Gasteiger partial charge in [0.15, 0.2) is 0 Å². The van der Waals surface area contributed by atoms with E-state index in [1.807, 2.05) is 24.2 Å². The van der Waals surface area contributed by atoms with Crippen molar-refractivity contribution in [1.82, 2.24) is 15.2 Å². The van der Waals surface area contributed by atoms with Gasteiger partial charge in [0.2, 0.25) is 0 Å². The van der Waals surface area contributed by atoms with Crippen LogP contribution in [-0.4, -0.2) is 35.3 Å². The van der Waals surface area contributed by atoms with E-state index in [0.717, 1.165) is 31.9 Å². The Morgan fingerprint density at radius 2 is 2.14 bits per heavy atom. The van der Waals surface area contributed by atoms with Gasteiger partial charge in [0.1, 0.15) is 0 Å². The highest BCUT2D eigenvalue weighted by Crippen LogP contribution is 2.25. The summed E-state index contributed by atoms with van der Waals surface area (Å²) >= 11 is 1.91. The van der Waals surface area contributed by atoms with Crippen molar-refractivity contribution in [2.45, 2.75) is 24.4 Å². The molecule has 0 bridgehead atoms. The molecule has 1 aromatic heterocycles. The van der Waals surface area contributed by atoms with Gasteiger partial charge in [0.05, 0.1) is 0 Å². The van der Waals surface area contributed by atoms with Crippen molar-refractivity contribution in [1.29, 1.82) is 0 Å². The fraction of sp³-hybridized carbons (Fsp3) is 0.389. The maximum Gasteiger partial charge on any atom is 0.0477 e. The molecule has 1 N–H and O–H groups in total. The predicted octanol–water partition coefficient (Wildman–Crippen LogP) is 3.34. The summed E-state index contributed by atoms with van der Waals surface area (Å²) in [4.78, 5) is 8.08. The van der Waals surface area contributed by atoms with Crippen molar-refractivity contribution in [3.05, 3.63) is 59.9 Å². The normalized spacial score (nSPS) is 19.2. The molecule has 4 heteroatoms. The van der Waals surface area contributed by atoms with Crippen LogP contribution in [-0.2, 0) is 6.54 Å². The maximum absolute atomic E-state index is 4.14. The number of hydrogen-bond acceptors (Lipinski definition) is 4. The third-order valence-electron chi connectivity index (χ3n) is 4.04. The summed E-state index contributed by atoms with van der Waals surface area (Å²) in [5.74, 6) is 1.12. The number of thioether (sulfide) groups is 1. The minimum absolute atomic E-state index is 0.430. The van der Waals surface area contributed by atoms with Gasteiger partial charge in [-0.2, -0.15) is 0 Å². The summed E-state index contributed by atoms with van der Waals surface area (Å²) in [6, 6.07) is 13.7. The minimum atomic E-state index is 0.430. The number of nitrogens with zero attached hydrogens (tertiary/aromatic N) is 2. The van der Waals surface area contributed by atoms with Crippen LogP contribution < -0.4 is 5.32 Å². The average molecular weight is 313 g/mol. The third-order valence-corrected chi connectivity index (χ3v) is 4.92. The zero-order chi connectivity index (χ0) is 15.2. The zero-order valence-electron chi connectivity index (χ0n) is 13.0. The quantitative estimate of drug-likeness (QED) is 0.857. The fourth-order valence-electron chi connectivity index (χ4n) is 2.98. The highest BCUT2D eigenvalue weighted by molar-refractivity contribution is 7.99. The first-order valence-electron chi connectivity index (χ1n) is 7.93. The molecule has 1 atom stereocenters. The lowest BCUT2D eigenvalue weighted by molar-refractivity contribution is 0.153. The van der Waals surface area contributed by atoms with E-state index in [1.54, 1.807) is 0 Å². The molecule has 1 fully saturated rings. The summed E-state index contributed by atoms with van der Waals surface area (Å²) in [5.41, 5.74) is 2.75. The summed E-state index contributed by atoms with van der Waals surface area (Å²) in [6.07, 6.45) is 3.78. The number of hydrogen-bond donors (Lipinski definition) is 1. The van der Waals surface area contributed by atoms with Crippen LogP contribution in [0.15, 0.2) is 53.7 Å². The van der Waals surface area contributed by atoms with Crippen LogP contribution in [0.25, 0.3) is 0 Å². The molecule has 3 nitrogen and oxygen atoms in total. The average Bonchev–Trinajstić information content (AvgIpc) is 2.57. The molecule has 1 unspecified atom stereocenters. The van der Waals surface area contributed by atoms with Crippen molar-refractivity contribution in [3.8, 4) is 0 Å². The monoisotopic (exact) mass is 313 g/mol. The lowest BCUT2D eigenvalue weighted by atomic mass is 10.0. The van der Waals surface area contributed by atoms with Gasteiger partial charge in [-0.25, -0.2) is 0 Å². The number of piperazine rings is 1. The number of nitrogens with one attached hydrogen (secondary N) is 1. The smallest absolute Gasteiger partial charge is 0.0477 e. The molecule has 0 aliphatic carbocycles. The van der Waals surface area contributed by atoms with Crippen molar-refractivity contribution in [2.24, 2.45) is 0 Å². The molecule has 1 aliphatic heterocycles. The maximum atomic E-state index is 4.14. The van der Waals surface area contributed by atoms with Crippen molar-refractivity contribution < 1.29 is 0 Å². The molecule has 116 valence electrons. The molecule has 0 amide bonds. The van der Waals surface area contributed by atoms with Gasteiger partial charge in [-0.15, -0.1) is 11.8 Å². The van der Waals surface area contributed by atoms with Gasteiger partial charge in [0, 0.05) is 49.5 Å². The molecule has 0 radical (unpaired) electrons. The molecule has 1 aliphatic rings. The fourth-order valence-corrected chi connectivity index (χ4v) is 3.73. The number of aromatic nitrogens is 1. The van der Waals surface area contributed by atoms with Crippen LogP contribution in [0.2, 0.25) is 0 Å². The van der Waals surface area contributed by atoms with Gasteiger partial charge in [-0.05, 0) is 41.1 Å². The molecule has 0 spiro atoms. The van der Waals surface area contributed by atoms with Crippen LogP contribution in [0.3, 0.4) is 0 Å². The second-order valence-electron chi connectivity index (χ2n) is 5.55. The van der Waals surface area contributed by atoms with Gasteiger partial charge in [0.25, 0.3) is 0 Å². The summed E-state index contributed by atoms with van der Waals surface area (Å²) in [5, 5.41) is 3.51. The predicted molar refractivity (Wildman–Crippen MR) is 93.1 cm³/mol. The van der Waals surface area contributed by atoms with E-state index in [-0.39, 0.29) is 0 Å². The first kappa shape index (κ1) is 15.5. The van der Waals surface area contributed by atoms with Crippen LogP contribution in [0, 0.1) is 0 Å². The first-order valence-corrected chi connectivity index (χ1v) is 8.92. The van der Waals surface area contributed by atoms with Gasteiger partial charge in [-0.3, -0.25) is 9.88 Å². The second-order valence-corrected chi connectivity index (χ2v) is 6.89. The zero-order valence-corrected chi connectivity index (χ0v) is 13.9. The lowest BCUT2D eigenvalue weighted by Crippen LogP contribution is -2.45. The third kappa shape index (κ3) is 3.88. The SMILES string of the molecule is CCSc1cccc(CN2CCNCC2c2ccncc2)c1. The topological polar surface area (TPSA) is 28.2 Å². The Morgan fingerprint density at radius 3 is 2.95 bits per heavy atom. The molecular weight excluding hydrogens is 290 g/mol. The van der Waals surface area contributed by atoms with Crippen LogP contribution in [0.4, 0.5) is 0 Å². The van der Waals surface area contributed by atoms with Crippen LogP contribution in [0.5, 0.6) is 0 Å². The van der Waals surface area contributed by atoms with Crippen LogP contribution >= 0.6 is 11.8 Å². The molecule has 22 heavy (non-hydrogen) atoms. The number of benzene rings is 1. The Labute approximate surface area is 137 Å². The van der Waals surface area contributed by atoms with E-state index in [0.29, 0.717) is 6.04 Å². The Hall–Kier alpha value is -1.36. The van der Waals surface area contributed by atoms with E-state index < -0.39 is 0 Å². The summed E-state index contributed by atoms with van der Waals surface area (Å²) in [6.45, 7) is 6.36. The molecule has 0 saturated carbocycles. The highest BCUT2D eigenvalue weighted by Gasteiger charge is 2.23. The number of rotatable bonds is 5. The largest absolute Gasteiger partial charge is 0.314 e. The Kier molecular flexibility index (Phi) is 5.48.